The van der Waals surface area contributed by atoms with Crippen molar-refractivity contribution in [2.24, 2.45) is 0 Å². The van der Waals surface area contributed by atoms with Gasteiger partial charge in [-0.15, -0.1) is 0 Å². The Hall–Kier alpha value is -2.43. The number of aryl methyl sites for hydroxylation is 2. The molecule has 1 N–H and O–H groups in total. The van der Waals surface area contributed by atoms with Crippen molar-refractivity contribution in [2.45, 2.75) is 13.8 Å². The predicted molar refractivity (Wildman–Crippen MR) is 70.5 cm³/mol. The van der Waals surface area contributed by atoms with Crippen molar-refractivity contribution >= 4 is 5.97 Å². The molecule has 0 bridgehead atoms. The van der Waals surface area contributed by atoms with Gasteiger partial charge in [-0.25, -0.2) is 14.8 Å². The van der Waals surface area contributed by atoms with Crippen molar-refractivity contribution in [1.82, 2.24) is 9.97 Å². The summed E-state index contributed by atoms with van der Waals surface area (Å²) in [7, 11) is 1.55. The maximum absolute atomic E-state index is 11.2. The third kappa shape index (κ3) is 2.40. The largest absolute Gasteiger partial charge is 0.496 e. The van der Waals surface area contributed by atoms with Crippen molar-refractivity contribution < 1.29 is 14.6 Å². The zero-order chi connectivity index (χ0) is 14.0. The van der Waals surface area contributed by atoms with Crippen LogP contribution in [0.25, 0.3) is 11.3 Å². The van der Waals surface area contributed by atoms with Crippen LogP contribution in [0.4, 0.5) is 0 Å². The van der Waals surface area contributed by atoms with Gasteiger partial charge in [0, 0.05) is 11.8 Å². The lowest BCUT2D eigenvalue weighted by atomic mass is 10.0. The first-order chi connectivity index (χ1) is 9.04. The molecule has 0 saturated heterocycles. The smallest absolute Gasteiger partial charge is 0.339 e. The fourth-order valence-corrected chi connectivity index (χ4v) is 1.84. The molecule has 1 heterocycles. The van der Waals surface area contributed by atoms with E-state index in [4.69, 9.17) is 4.74 Å². The number of benzene rings is 1. The summed E-state index contributed by atoms with van der Waals surface area (Å²) >= 11 is 0. The highest BCUT2D eigenvalue weighted by Crippen LogP contribution is 2.32. The third-order valence-electron chi connectivity index (χ3n) is 3.01. The zero-order valence-corrected chi connectivity index (χ0v) is 11.0. The maximum atomic E-state index is 11.2. The Morgan fingerprint density at radius 3 is 2.58 bits per heavy atom. The molecule has 2 rings (SSSR count). The molecule has 0 saturated carbocycles. The molecule has 1 aromatic heterocycles. The number of ether oxygens (including phenoxy) is 1. The predicted octanol–water partition coefficient (Wildman–Crippen LogP) is 2.47. The van der Waals surface area contributed by atoms with Crippen LogP contribution in [0.2, 0.25) is 0 Å². The number of hydrogen-bond donors (Lipinski definition) is 1. The highest BCUT2D eigenvalue weighted by atomic mass is 16.5. The Morgan fingerprint density at radius 2 is 1.95 bits per heavy atom. The molecular weight excluding hydrogens is 244 g/mol. The molecule has 2 aromatic rings. The first-order valence-corrected chi connectivity index (χ1v) is 5.73. The number of hydrogen-bond acceptors (Lipinski definition) is 4. The molecule has 0 atom stereocenters. The summed E-state index contributed by atoms with van der Waals surface area (Å²) in [6, 6.07) is 3.75. The molecular formula is C14H14N2O3. The Bertz CT molecular complexity index is 639. The SMILES string of the molecule is COc1cc(C)c(C)cc1-c1ncncc1C(=O)O. The van der Waals surface area contributed by atoms with E-state index in [2.05, 4.69) is 9.97 Å². The van der Waals surface area contributed by atoms with Gasteiger partial charge in [-0.3, -0.25) is 0 Å². The number of aromatic nitrogens is 2. The second kappa shape index (κ2) is 5.06. The first kappa shape index (κ1) is 13.0. The monoisotopic (exact) mass is 258 g/mol. The Balaban J connectivity index is 2.71. The van der Waals surface area contributed by atoms with E-state index in [1.165, 1.54) is 12.5 Å². The van der Waals surface area contributed by atoms with Gasteiger partial charge in [0.15, 0.2) is 0 Å². The van der Waals surface area contributed by atoms with Crippen LogP contribution in [0.3, 0.4) is 0 Å². The fraction of sp³-hybridized carbons (Fsp3) is 0.214. The van der Waals surface area contributed by atoms with Gasteiger partial charge < -0.3 is 9.84 Å². The molecule has 0 spiro atoms. The van der Waals surface area contributed by atoms with E-state index in [1.807, 2.05) is 26.0 Å². The van der Waals surface area contributed by atoms with Crippen molar-refractivity contribution in [3.8, 4) is 17.0 Å². The minimum absolute atomic E-state index is 0.0593. The average Bonchev–Trinajstić information content (AvgIpc) is 2.41. The summed E-state index contributed by atoms with van der Waals surface area (Å²) in [6.07, 6.45) is 2.62. The quantitative estimate of drug-likeness (QED) is 0.915. The van der Waals surface area contributed by atoms with E-state index in [1.54, 1.807) is 7.11 Å². The van der Waals surface area contributed by atoms with Crippen LogP contribution in [0.1, 0.15) is 21.5 Å². The number of methoxy groups -OCH3 is 1. The number of carbonyl (C=O) groups is 1. The fourth-order valence-electron chi connectivity index (χ4n) is 1.84. The lowest BCUT2D eigenvalue weighted by molar-refractivity contribution is 0.0697. The van der Waals surface area contributed by atoms with E-state index < -0.39 is 5.97 Å². The molecule has 19 heavy (non-hydrogen) atoms. The summed E-state index contributed by atoms with van der Waals surface area (Å²) in [5, 5.41) is 9.19. The topological polar surface area (TPSA) is 72.3 Å². The average molecular weight is 258 g/mol. The molecule has 0 aliphatic carbocycles. The minimum Gasteiger partial charge on any atom is -0.496 e. The van der Waals surface area contributed by atoms with E-state index in [0.717, 1.165) is 11.1 Å². The van der Waals surface area contributed by atoms with E-state index in [9.17, 15) is 9.90 Å². The van der Waals surface area contributed by atoms with Crippen molar-refractivity contribution in [1.29, 1.82) is 0 Å². The van der Waals surface area contributed by atoms with Gasteiger partial charge in [0.2, 0.25) is 0 Å². The molecule has 1 aromatic carbocycles. The summed E-state index contributed by atoms with van der Waals surface area (Å²) in [6.45, 7) is 3.93. The number of rotatable bonds is 3. The lowest BCUT2D eigenvalue weighted by Gasteiger charge is -2.12. The first-order valence-electron chi connectivity index (χ1n) is 5.73. The van der Waals surface area contributed by atoms with Gasteiger partial charge >= 0.3 is 5.97 Å². The molecule has 0 radical (unpaired) electrons. The van der Waals surface area contributed by atoms with Crippen LogP contribution < -0.4 is 4.74 Å². The van der Waals surface area contributed by atoms with Crippen LogP contribution in [0.5, 0.6) is 5.75 Å². The molecule has 98 valence electrons. The Labute approximate surface area is 110 Å². The Morgan fingerprint density at radius 1 is 1.26 bits per heavy atom. The van der Waals surface area contributed by atoms with Crippen LogP contribution >= 0.6 is 0 Å². The highest BCUT2D eigenvalue weighted by Gasteiger charge is 2.17. The standard InChI is InChI=1S/C14H14N2O3/c1-8-4-10(12(19-3)5-9(8)2)13-11(14(17)18)6-15-7-16-13/h4-7H,1-3H3,(H,17,18). The van der Waals surface area contributed by atoms with Gasteiger partial charge in [-0.1, -0.05) is 0 Å². The highest BCUT2D eigenvalue weighted by molar-refractivity contribution is 5.95. The molecule has 0 aliphatic rings. The van der Waals surface area contributed by atoms with Gasteiger partial charge in [0.25, 0.3) is 0 Å². The normalized spacial score (nSPS) is 10.3. The molecule has 0 amide bonds. The van der Waals surface area contributed by atoms with Crippen molar-refractivity contribution in [3.63, 3.8) is 0 Å². The van der Waals surface area contributed by atoms with E-state index >= 15 is 0 Å². The van der Waals surface area contributed by atoms with Crippen LogP contribution in [-0.2, 0) is 0 Å². The molecule has 0 unspecified atom stereocenters. The van der Waals surface area contributed by atoms with Gasteiger partial charge in [-0.2, -0.15) is 0 Å². The van der Waals surface area contributed by atoms with Gasteiger partial charge in [0.1, 0.15) is 17.6 Å². The maximum Gasteiger partial charge on any atom is 0.339 e. The molecule has 5 nitrogen and oxygen atoms in total. The molecule has 5 heteroatoms. The second-order valence-corrected chi connectivity index (χ2v) is 4.23. The minimum atomic E-state index is -1.06. The zero-order valence-electron chi connectivity index (χ0n) is 11.0. The second-order valence-electron chi connectivity index (χ2n) is 4.23. The van der Waals surface area contributed by atoms with Crippen molar-refractivity contribution in [2.75, 3.05) is 7.11 Å². The molecule has 0 aliphatic heterocycles. The Kier molecular flexibility index (Phi) is 3.46. The van der Waals surface area contributed by atoms with Gasteiger partial charge in [0.05, 0.1) is 12.8 Å². The summed E-state index contributed by atoms with van der Waals surface area (Å²) < 4.78 is 5.32. The molecule has 0 fully saturated rings. The number of carboxylic acids is 1. The van der Waals surface area contributed by atoms with Crippen LogP contribution in [0.15, 0.2) is 24.7 Å². The van der Waals surface area contributed by atoms with Crippen LogP contribution in [-0.4, -0.2) is 28.2 Å². The number of carboxylic acid groups (broad SMARTS) is 1. The van der Waals surface area contributed by atoms with Crippen molar-refractivity contribution in [3.05, 3.63) is 41.3 Å². The van der Waals surface area contributed by atoms with Crippen LogP contribution in [0, 0.1) is 13.8 Å². The number of nitrogens with zero attached hydrogens (tertiary/aromatic N) is 2. The third-order valence-corrected chi connectivity index (χ3v) is 3.01. The van der Waals surface area contributed by atoms with Gasteiger partial charge in [-0.05, 0) is 37.1 Å². The summed E-state index contributed by atoms with van der Waals surface area (Å²) in [5.41, 5.74) is 3.20. The van der Waals surface area contributed by atoms with E-state index in [0.29, 0.717) is 17.0 Å². The summed E-state index contributed by atoms with van der Waals surface area (Å²) in [4.78, 5) is 19.1. The number of aromatic carboxylic acids is 1. The summed E-state index contributed by atoms with van der Waals surface area (Å²) in [5.74, 6) is -0.458. The van der Waals surface area contributed by atoms with E-state index in [-0.39, 0.29) is 5.56 Å². The lowest BCUT2D eigenvalue weighted by Crippen LogP contribution is -2.04.